The van der Waals surface area contributed by atoms with Crippen LogP contribution in [0.3, 0.4) is 0 Å². The predicted molar refractivity (Wildman–Crippen MR) is 53.9 cm³/mol. The lowest BCUT2D eigenvalue weighted by molar-refractivity contribution is 0.959. The zero-order chi connectivity index (χ0) is 9.97. The summed E-state index contributed by atoms with van der Waals surface area (Å²) in [6.07, 6.45) is 3.19. The van der Waals surface area contributed by atoms with Crippen LogP contribution in [0.4, 0.5) is 0 Å². The summed E-state index contributed by atoms with van der Waals surface area (Å²) in [5.74, 6) is 0. The first kappa shape index (κ1) is 9.04. The van der Waals surface area contributed by atoms with Gasteiger partial charge in [-0.3, -0.25) is 4.79 Å². The van der Waals surface area contributed by atoms with E-state index >= 15 is 0 Å². The van der Waals surface area contributed by atoms with Crippen molar-refractivity contribution in [3.8, 4) is 10.6 Å². The molecule has 0 aromatic carbocycles. The second-order valence-electron chi connectivity index (χ2n) is 2.63. The number of hydrogen-bond donors (Lipinski definition) is 2. The number of aromatic amines is 1. The van der Waals surface area contributed by atoms with Crippen LogP contribution in [0, 0.1) is 0 Å². The van der Waals surface area contributed by atoms with Gasteiger partial charge in [-0.2, -0.15) is 0 Å². The standard InChI is InChI=1S/C8H8N4OS/c9-3-7-11-12-8(14-7)5-4-10-2-1-6(5)13/h1-2,4H,3,9H2,(H,10,13). The van der Waals surface area contributed by atoms with Crippen LogP contribution in [0.5, 0.6) is 0 Å². The number of nitrogens with zero attached hydrogens (tertiary/aromatic N) is 2. The van der Waals surface area contributed by atoms with Gasteiger partial charge < -0.3 is 10.7 Å². The van der Waals surface area contributed by atoms with Crippen LogP contribution in [0.15, 0.2) is 23.3 Å². The average Bonchev–Trinajstić information content (AvgIpc) is 2.67. The molecule has 0 spiro atoms. The summed E-state index contributed by atoms with van der Waals surface area (Å²) in [5.41, 5.74) is 5.87. The van der Waals surface area contributed by atoms with Crippen LogP contribution in [0.25, 0.3) is 10.6 Å². The van der Waals surface area contributed by atoms with E-state index in [1.165, 1.54) is 17.4 Å². The van der Waals surface area contributed by atoms with Crippen molar-refractivity contribution in [3.05, 3.63) is 33.7 Å². The molecule has 0 saturated heterocycles. The molecule has 6 heteroatoms. The van der Waals surface area contributed by atoms with Gasteiger partial charge in [0, 0.05) is 25.0 Å². The van der Waals surface area contributed by atoms with E-state index in [-0.39, 0.29) is 5.43 Å². The summed E-state index contributed by atoms with van der Waals surface area (Å²) in [7, 11) is 0. The monoisotopic (exact) mass is 208 g/mol. The summed E-state index contributed by atoms with van der Waals surface area (Å²) >= 11 is 1.33. The van der Waals surface area contributed by atoms with Crippen molar-refractivity contribution in [2.75, 3.05) is 0 Å². The van der Waals surface area contributed by atoms with Crippen molar-refractivity contribution in [2.45, 2.75) is 6.54 Å². The van der Waals surface area contributed by atoms with Crippen LogP contribution in [-0.4, -0.2) is 15.2 Å². The zero-order valence-corrected chi connectivity index (χ0v) is 8.04. The molecule has 0 aliphatic rings. The van der Waals surface area contributed by atoms with Gasteiger partial charge in [0.05, 0.1) is 5.56 Å². The Kier molecular flexibility index (Phi) is 2.38. The quantitative estimate of drug-likeness (QED) is 0.745. The van der Waals surface area contributed by atoms with E-state index < -0.39 is 0 Å². The highest BCUT2D eigenvalue weighted by Crippen LogP contribution is 2.18. The molecule has 0 radical (unpaired) electrons. The Morgan fingerprint density at radius 3 is 3.00 bits per heavy atom. The molecule has 2 aromatic rings. The topological polar surface area (TPSA) is 84.7 Å². The summed E-state index contributed by atoms with van der Waals surface area (Å²) in [6, 6.07) is 1.46. The Balaban J connectivity index is 2.50. The van der Waals surface area contributed by atoms with Crippen molar-refractivity contribution < 1.29 is 0 Å². The normalized spacial score (nSPS) is 10.4. The molecule has 2 heterocycles. The minimum absolute atomic E-state index is 0.0662. The molecular weight excluding hydrogens is 200 g/mol. The smallest absolute Gasteiger partial charge is 0.191 e. The molecule has 14 heavy (non-hydrogen) atoms. The van der Waals surface area contributed by atoms with Gasteiger partial charge in [0.15, 0.2) is 10.4 Å². The molecule has 5 nitrogen and oxygen atoms in total. The highest BCUT2D eigenvalue weighted by molar-refractivity contribution is 7.14. The van der Waals surface area contributed by atoms with Gasteiger partial charge in [0.1, 0.15) is 5.01 Å². The number of hydrogen-bond acceptors (Lipinski definition) is 5. The maximum absolute atomic E-state index is 11.4. The van der Waals surface area contributed by atoms with E-state index in [9.17, 15) is 4.79 Å². The average molecular weight is 208 g/mol. The van der Waals surface area contributed by atoms with E-state index in [0.717, 1.165) is 5.01 Å². The Labute approximate surface area is 83.6 Å². The molecule has 0 bridgehead atoms. The summed E-state index contributed by atoms with van der Waals surface area (Å²) in [6.45, 7) is 0.350. The minimum Gasteiger partial charge on any atom is -0.367 e. The van der Waals surface area contributed by atoms with Gasteiger partial charge in [0.2, 0.25) is 0 Å². The van der Waals surface area contributed by atoms with Gasteiger partial charge in [-0.25, -0.2) is 0 Å². The maximum atomic E-state index is 11.4. The molecule has 3 N–H and O–H groups in total. The first-order valence-corrected chi connectivity index (χ1v) is 4.83. The third kappa shape index (κ3) is 1.57. The van der Waals surface area contributed by atoms with Gasteiger partial charge >= 0.3 is 0 Å². The van der Waals surface area contributed by atoms with Crippen LogP contribution in [-0.2, 0) is 6.54 Å². The lowest BCUT2D eigenvalue weighted by Crippen LogP contribution is -2.01. The van der Waals surface area contributed by atoms with Crippen LogP contribution >= 0.6 is 11.3 Å². The Hall–Kier alpha value is -1.53. The van der Waals surface area contributed by atoms with Crippen molar-refractivity contribution in [1.82, 2.24) is 15.2 Å². The van der Waals surface area contributed by atoms with Crippen molar-refractivity contribution in [2.24, 2.45) is 5.73 Å². The molecule has 0 atom stereocenters. The maximum Gasteiger partial charge on any atom is 0.191 e. The molecule has 0 aliphatic heterocycles. The summed E-state index contributed by atoms with van der Waals surface area (Å²) < 4.78 is 0. The van der Waals surface area contributed by atoms with Crippen molar-refractivity contribution in [3.63, 3.8) is 0 Å². The van der Waals surface area contributed by atoms with E-state index in [4.69, 9.17) is 5.73 Å². The summed E-state index contributed by atoms with van der Waals surface area (Å²) in [4.78, 5) is 14.2. The molecule has 0 amide bonds. The molecule has 0 unspecified atom stereocenters. The molecule has 72 valence electrons. The number of aromatic nitrogens is 3. The van der Waals surface area contributed by atoms with E-state index in [0.29, 0.717) is 17.1 Å². The second kappa shape index (κ2) is 3.69. The fourth-order valence-electron chi connectivity index (χ4n) is 1.03. The van der Waals surface area contributed by atoms with E-state index in [2.05, 4.69) is 15.2 Å². The predicted octanol–water partition coefficient (Wildman–Crippen LogP) is 0.352. The van der Waals surface area contributed by atoms with Gasteiger partial charge in [-0.05, 0) is 0 Å². The first-order chi connectivity index (χ1) is 6.81. The Morgan fingerprint density at radius 1 is 1.50 bits per heavy atom. The minimum atomic E-state index is -0.0662. The highest BCUT2D eigenvalue weighted by atomic mass is 32.1. The van der Waals surface area contributed by atoms with Crippen LogP contribution < -0.4 is 11.2 Å². The molecule has 0 aliphatic carbocycles. The summed E-state index contributed by atoms with van der Waals surface area (Å²) in [5, 5.41) is 9.06. The number of nitrogens with two attached hydrogens (primary N) is 1. The lowest BCUT2D eigenvalue weighted by Gasteiger charge is -1.90. The molecule has 2 rings (SSSR count). The number of nitrogens with one attached hydrogen (secondary N) is 1. The van der Waals surface area contributed by atoms with E-state index in [1.54, 1.807) is 12.4 Å². The Bertz CT molecular complexity index is 490. The van der Waals surface area contributed by atoms with E-state index in [1.807, 2.05) is 0 Å². The third-order valence-corrected chi connectivity index (χ3v) is 2.67. The van der Waals surface area contributed by atoms with Crippen LogP contribution in [0.2, 0.25) is 0 Å². The SMILES string of the molecule is NCc1nnc(-c2c[nH]ccc2=O)s1. The fourth-order valence-corrected chi connectivity index (χ4v) is 1.77. The van der Waals surface area contributed by atoms with Gasteiger partial charge in [-0.15, -0.1) is 10.2 Å². The van der Waals surface area contributed by atoms with Crippen molar-refractivity contribution >= 4 is 11.3 Å². The number of H-pyrrole nitrogens is 1. The zero-order valence-electron chi connectivity index (χ0n) is 7.23. The van der Waals surface area contributed by atoms with Crippen LogP contribution in [0.1, 0.15) is 5.01 Å². The molecule has 0 saturated carbocycles. The fraction of sp³-hybridized carbons (Fsp3) is 0.125. The molecule has 2 aromatic heterocycles. The van der Waals surface area contributed by atoms with Crippen molar-refractivity contribution in [1.29, 1.82) is 0 Å². The Morgan fingerprint density at radius 2 is 2.36 bits per heavy atom. The first-order valence-electron chi connectivity index (χ1n) is 4.01. The third-order valence-electron chi connectivity index (χ3n) is 1.70. The number of pyridine rings is 1. The largest absolute Gasteiger partial charge is 0.367 e. The molecule has 0 fully saturated rings. The lowest BCUT2D eigenvalue weighted by atomic mass is 10.3. The van der Waals surface area contributed by atoms with Gasteiger partial charge in [0.25, 0.3) is 0 Å². The van der Waals surface area contributed by atoms with Gasteiger partial charge in [-0.1, -0.05) is 11.3 Å². The second-order valence-corrected chi connectivity index (χ2v) is 3.69. The number of rotatable bonds is 2. The highest BCUT2D eigenvalue weighted by Gasteiger charge is 2.07. The molecular formula is C8H8N4OS.